The summed E-state index contributed by atoms with van der Waals surface area (Å²) >= 11 is 0. The van der Waals surface area contributed by atoms with Gasteiger partial charge < -0.3 is 5.32 Å². The highest BCUT2D eigenvalue weighted by molar-refractivity contribution is 5.35. The lowest BCUT2D eigenvalue weighted by atomic mass is 9.74. The molecule has 0 saturated heterocycles. The molecule has 2 saturated carbocycles. The molecule has 3 atom stereocenters. The zero-order valence-electron chi connectivity index (χ0n) is 12.4. The molecule has 2 aliphatic rings. The Morgan fingerprint density at radius 1 is 1.05 bits per heavy atom. The second-order valence-electron chi connectivity index (χ2n) is 6.46. The maximum Gasteiger partial charge on any atom is 0.00986 e. The van der Waals surface area contributed by atoms with Crippen LogP contribution in [0, 0.1) is 5.92 Å². The molecule has 1 N–H and O–H groups in total. The minimum absolute atomic E-state index is 0.726. The van der Waals surface area contributed by atoms with Gasteiger partial charge in [-0.05, 0) is 61.1 Å². The van der Waals surface area contributed by atoms with Crippen LogP contribution in [0.4, 0.5) is 0 Å². The van der Waals surface area contributed by atoms with E-state index in [2.05, 4.69) is 43.4 Å². The lowest BCUT2D eigenvalue weighted by Gasteiger charge is -2.31. The number of nitrogens with one attached hydrogen (secondary N) is 1. The lowest BCUT2D eigenvalue weighted by Crippen LogP contribution is -2.32. The quantitative estimate of drug-likeness (QED) is 0.840. The molecule has 1 aromatic carbocycles. The minimum Gasteiger partial charge on any atom is -0.314 e. The van der Waals surface area contributed by atoms with Gasteiger partial charge in [-0.3, -0.25) is 0 Å². The van der Waals surface area contributed by atoms with E-state index in [1.165, 1.54) is 32.1 Å². The molecule has 104 valence electrons. The van der Waals surface area contributed by atoms with Gasteiger partial charge in [0, 0.05) is 6.04 Å². The van der Waals surface area contributed by atoms with Gasteiger partial charge in [-0.25, -0.2) is 0 Å². The molecule has 1 heteroatoms. The maximum atomic E-state index is 3.67. The van der Waals surface area contributed by atoms with Crippen LogP contribution in [-0.2, 0) is 0 Å². The van der Waals surface area contributed by atoms with Crippen LogP contribution in [-0.4, -0.2) is 12.6 Å². The molecule has 2 aliphatic carbocycles. The first kappa shape index (κ1) is 13.2. The van der Waals surface area contributed by atoms with Crippen LogP contribution in [0.1, 0.15) is 68.9 Å². The van der Waals surface area contributed by atoms with Crippen LogP contribution in [0.15, 0.2) is 24.3 Å². The fraction of sp³-hybridized carbons (Fsp3) is 0.667. The standard InChI is InChI=1S/C18H27N/c1-3-19-18-12-11-15(13(18)2)17-10-5-4-9-16(17)14-7-6-8-14/h4-5,9-10,13-15,18-19H,3,6-8,11-12H2,1-2H3. The summed E-state index contributed by atoms with van der Waals surface area (Å²) < 4.78 is 0. The van der Waals surface area contributed by atoms with Crippen molar-refractivity contribution in [3.8, 4) is 0 Å². The van der Waals surface area contributed by atoms with Gasteiger partial charge in [-0.2, -0.15) is 0 Å². The Balaban J connectivity index is 1.82. The Morgan fingerprint density at radius 2 is 1.79 bits per heavy atom. The van der Waals surface area contributed by atoms with Gasteiger partial charge in [-0.1, -0.05) is 44.5 Å². The average Bonchev–Trinajstić information content (AvgIpc) is 2.71. The number of benzene rings is 1. The summed E-state index contributed by atoms with van der Waals surface area (Å²) in [5, 5.41) is 3.67. The van der Waals surface area contributed by atoms with Crippen molar-refractivity contribution in [1.82, 2.24) is 5.32 Å². The van der Waals surface area contributed by atoms with Gasteiger partial charge in [-0.15, -0.1) is 0 Å². The zero-order valence-corrected chi connectivity index (χ0v) is 12.4. The zero-order chi connectivity index (χ0) is 13.2. The van der Waals surface area contributed by atoms with E-state index in [1.54, 1.807) is 11.1 Å². The summed E-state index contributed by atoms with van der Waals surface area (Å²) in [5.41, 5.74) is 3.34. The van der Waals surface area contributed by atoms with Crippen LogP contribution in [0.2, 0.25) is 0 Å². The molecule has 0 heterocycles. The number of hydrogen-bond acceptors (Lipinski definition) is 1. The molecular formula is C18H27N. The lowest BCUT2D eigenvalue weighted by molar-refractivity contribution is 0.394. The summed E-state index contributed by atoms with van der Waals surface area (Å²) in [4.78, 5) is 0. The highest BCUT2D eigenvalue weighted by atomic mass is 14.9. The molecule has 1 nitrogen and oxygen atoms in total. The van der Waals surface area contributed by atoms with E-state index in [4.69, 9.17) is 0 Å². The van der Waals surface area contributed by atoms with Gasteiger partial charge in [0.05, 0.1) is 0 Å². The first-order chi connectivity index (χ1) is 9.31. The van der Waals surface area contributed by atoms with Crippen LogP contribution < -0.4 is 5.32 Å². The molecule has 1 aromatic rings. The van der Waals surface area contributed by atoms with E-state index < -0.39 is 0 Å². The van der Waals surface area contributed by atoms with Crippen LogP contribution in [0.5, 0.6) is 0 Å². The molecule has 0 spiro atoms. The molecule has 3 unspecified atom stereocenters. The van der Waals surface area contributed by atoms with Crippen molar-refractivity contribution in [2.24, 2.45) is 5.92 Å². The predicted molar refractivity (Wildman–Crippen MR) is 81.6 cm³/mol. The van der Waals surface area contributed by atoms with Gasteiger partial charge in [0.1, 0.15) is 0 Å². The fourth-order valence-electron chi connectivity index (χ4n) is 4.09. The molecule has 0 aromatic heterocycles. The van der Waals surface area contributed by atoms with Crippen LogP contribution in [0.25, 0.3) is 0 Å². The summed E-state index contributed by atoms with van der Waals surface area (Å²) in [6.45, 7) is 5.77. The third-order valence-corrected chi connectivity index (χ3v) is 5.46. The van der Waals surface area contributed by atoms with Gasteiger partial charge in [0.2, 0.25) is 0 Å². The summed E-state index contributed by atoms with van der Waals surface area (Å²) in [6.07, 6.45) is 6.96. The second kappa shape index (κ2) is 5.66. The SMILES string of the molecule is CCNC1CCC(c2ccccc2C2CCC2)C1C. The largest absolute Gasteiger partial charge is 0.314 e. The van der Waals surface area contributed by atoms with Gasteiger partial charge >= 0.3 is 0 Å². The molecule has 3 rings (SSSR count). The summed E-state index contributed by atoms with van der Waals surface area (Å²) in [6, 6.07) is 10.0. The third kappa shape index (κ3) is 2.45. The van der Waals surface area contributed by atoms with E-state index in [1.807, 2.05) is 0 Å². The van der Waals surface area contributed by atoms with E-state index in [0.29, 0.717) is 0 Å². The third-order valence-electron chi connectivity index (χ3n) is 5.46. The molecule has 0 bridgehead atoms. The van der Waals surface area contributed by atoms with Crippen molar-refractivity contribution >= 4 is 0 Å². The van der Waals surface area contributed by atoms with Crippen LogP contribution in [0.3, 0.4) is 0 Å². The van der Waals surface area contributed by atoms with Crippen LogP contribution >= 0.6 is 0 Å². The number of rotatable bonds is 4. The summed E-state index contributed by atoms with van der Waals surface area (Å²) in [7, 11) is 0. The fourth-order valence-corrected chi connectivity index (χ4v) is 4.09. The van der Waals surface area contributed by atoms with E-state index in [-0.39, 0.29) is 0 Å². The smallest absolute Gasteiger partial charge is 0.00986 e. The Labute approximate surface area is 117 Å². The predicted octanol–water partition coefficient (Wildman–Crippen LogP) is 4.45. The van der Waals surface area contributed by atoms with Crippen molar-refractivity contribution in [1.29, 1.82) is 0 Å². The van der Waals surface area contributed by atoms with Crippen molar-refractivity contribution < 1.29 is 0 Å². The second-order valence-corrected chi connectivity index (χ2v) is 6.46. The highest BCUT2D eigenvalue weighted by Gasteiger charge is 2.35. The van der Waals surface area contributed by atoms with E-state index >= 15 is 0 Å². The topological polar surface area (TPSA) is 12.0 Å². The Bertz CT molecular complexity index is 421. The van der Waals surface area contributed by atoms with Crippen molar-refractivity contribution in [3.63, 3.8) is 0 Å². The van der Waals surface area contributed by atoms with Gasteiger partial charge in [0.15, 0.2) is 0 Å². The Hall–Kier alpha value is -0.820. The highest BCUT2D eigenvalue weighted by Crippen LogP contribution is 2.45. The van der Waals surface area contributed by atoms with Gasteiger partial charge in [0.25, 0.3) is 0 Å². The normalized spacial score (nSPS) is 31.4. The van der Waals surface area contributed by atoms with Crippen molar-refractivity contribution in [2.75, 3.05) is 6.54 Å². The first-order valence-electron chi connectivity index (χ1n) is 8.13. The van der Waals surface area contributed by atoms with E-state index in [0.717, 1.165) is 30.3 Å². The summed E-state index contributed by atoms with van der Waals surface area (Å²) in [5.74, 6) is 2.42. The van der Waals surface area contributed by atoms with E-state index in [9.17, 15) is 0 Å². The molecule has 0 amide bonds. The molecule has 2 fully saturated rings. The molecular weight excluding hydrogens is 230 g/mol. The Morgan fingerprint density at radius 3 is 2.42 bits per heavy atom. The molecule has 0 aliphatic heterocycles. The minimum atomic E-state index is 0.726. The Kier molecular flexibility index (Phi) is 3.93. The monoisotopic (exact) mass is 257 g/mol. The average molecular weight is 257 g/mol. The molecule has 0 radical (unpaired) electrons. The maximum absolute atomic E-state index is 3.67. The van der Waals surface area contributed by atoms with Crippen molar-refractivity contribution in [3.05, 3.63) is 35.4 Å². The van der Waals surface area contributed by atoms with Crippen molar-refractivity contribution in [2.45, 2.75) is 63.8 Å². The molecule has 19 heavy (non-hydrogen) atoms. The first-order valence-corrected chi connectivity index (χ1v) is 8.13. The number of hydrogen-bond donors (Lipinski definition) is 1.